The van der Waals surface area contributed by atoms with E-state index in [0.717, 1.165) is 0 Å². The van der Waals surface area contributed by atoms with Gasteiger partial charge in [0.05, 0.1) is 28.2 Å². The van der Waals surface area contributed by atoms with Gasteiger partial charge < -0.3 is 9.47 Å². The zero-order valence-electron chi connectivity index (χ0n) is 9.20. The summed E-state index contributed by atoms with van der Waals surface area (Å²) in [6.45, 7) is 0.983. The molecule has 0 heterocycles. The Hall–Kier alpha value is -0.750. The van der Waals surface area contributed by atoms with Crippen molar-refractivity contribution < 1.29 is 14.4 Å². The fourth-order valence-corrected chi connectivity index (χ4v) is 1.84. The third-order valence-electron chi connectivity index (χ3n) is 1.89. The fraction of sp³-hybridized carbons (Fsp3) is 0.400. The van der Waals surface area contributed by atoms with Crippen LogP contribution in [0.4, 0.5) is 5.69 Å². The van der Waals surface area contributed by atoms with E-state index in [2.05, 4.69) is 0 Å². The van der Waals surface area contributed by atoms with E-state index in [4.69, 9.17) is 44.3 Å². The first-order valence-electron chi connectivity index (χ1n) is 4.96. The van der Waals surface area contributed by atoms with Crippen molar-refractivity contribution in [1.82, 2.24) is 0 Å². The molecule has 0 fully saturated rings. The maximum atomic E-state index is 10.6. The van der Waals surface area contributed by atoms with Crippen LogP contribution in [0.1, 0.15) is 0 Å². The van der Waals surface area contributed by atoms with Gasteiger partial charge in [-0.05, 0) is 0 Å². The second kappa shape index (κ2) is 7.63. The molecule has 0 N–H and O–H groups in total. The number of hydrogen-bond donors (Lipinski definition) is 0. The number of alkyl halides is 1. The molecule has 1 rings (SSSR count). The minimum atomic E-state index is -0.578. The number of non-ortho nitro benzene ring substituents is 1. The highest BCUT2D eigenvalue weighted by molar-refractivity contribution is 6.37. The number of rotatable bonds is 7. The SMILES string of the molecule is O=[N+]([O-])c1cc(Cl)c(OCCOCCCl)c(Cl)c1. The maximum Gasteiger partial charge on any atom is 0.272 e. The van der Waals surface area contributed by atoms with Crippen molar-refractivity contribution in [2.45, 2.75) is 0 Å². The Kier molecular flexibility index (Phi) is 6.49. The molecule has 0 spiro atoms. The van der Waals surface area contributed by atoms with Crippen molar-refractivity contribution in [3.05, 3.63) is 32.3 Å². The van der Waals surface area contributed by atoms with Gasteiger partial charge in [0, 0.05) is 18.0 Å². The Balaban J connectivity index is 2.63. The van der Waals surface area contributed by atoms with Gasteiger partial charge in [0.25, 0.3) is 5.69 Å². The molecular weight excluding hydrogens is 304 g/mol. The smallest absolute Gasteiger partial charge is 0.272 e. The van der Waals surface area contributed by atoms with Crippen LogP contribution in [0.25, 0.3) is 0 Å². The minimum absolute atomic E-state index is 0.0894. The fourth-order valence-electron chi connectivity index (χ4n) is 1.15. The van der Waals surface area contributed by atoms with Crippen LogP contribution >= 0.6 is 34.8 Å². The Morgan fingerprint density at radius 2 is 1.78 bits per heavy atom. The molecule has 5 nitrogen and oxygen atoms in total. The number of nitro groups is 1. The summed E-state index contributed by atoms with van der Waals surface area (Å²) in [6.07, 6.45) is 0. The topological polar surface area (TPSA) is 61.6 Å². The predicted molar refractivity (Wildman–Crippen MR) is 70.2 cm³/mol. The molecule has 8 heteroatoms. The quantitative estimate of drug-likeness (QED) is 0.334. The Bertz CT molecular complexity index is 405. The van der Waals surface area contributed by atoms with E-state index in [-0.39, 0.29) is 28.1 Å². The summed E-state index contributed by atoms with van der Waals surface area (Å²) in [7, 11) is 0. The van der Waals surface area contributed by atoms with Crippen molar-refractivity contribution in [1.29, 1.82) is 0 Å². The van der Waals surface area contributed by atoms with Crippen molar-refractivity contribution >= 4 is 40.5 Å². The highest BCUT2D eigenvalue weighted by atomic mass is 35.5. The Morgan fingerprint density at radius 1 is 1.17 bits per heavy atom. The minimum Gasteiger partial charge on any atom is -0.488 e. The van der Waals surface area contributed by atoms with Gasteiger partial charge in [-0.2, -0.15) is 0 Å². The van der Waals surface area contributed by atoms with Crippen molar-refractivity contribution in [2.75, 3.05) is 25.7 Å². The summed E-state index contributed by atoms with van der Waals surface area (Å²) in [5.74, 6) is 0.609. The molecule has 0 saturated carbocycles. The van der Waals surface area contributed by atoms with Crippen LogP contribution in [0, 0.1) is 10.1 Å². The highest BCUT2D eigenvalue weighted by Crippen LogP contribution is 2.36. The second-order valence-corrected chi connectivity index (χ2v) is 4.34. The van der Waals surface area contributed by atoms with E-state index in [1.54, 1.807) is 0 Å². The lowest BCUT2D eigenvalue weighted by atomic mass is 10.3. The van der Waals surface area contributed by atoms with Crippen LogP contribution < -0.4 is 4.74 Å². The monoisotopic (exact) mass is 313 g/mol. The number of halogens is 3. The molecule has 0 radical (unpaired) electrons. The number of ether oxygens (including phenoxy) is 2. The standard InChI is InChI=1S/C10H10Cl3NO4/c11-1-2-17-3-4-18-10-8(12)5-7(14(15)16)6-9(10)13/h5-6H,1-4H2. The van der Waals surface area contributed by atoms with Crippen molar-refractivity contribution in [3.8, 4) is 5.75 Å². The van der Waals surface area contributed by atoms with E-state index < -0.39 is 4.92 Å². The first kappa shape index (κ1) is 15.3. The molecule has 0 saturated heterocycles. The van der Waals surface area contributed by atoms with Gasteiger partial charge in [-0.25, -0.2) is 0 Å². The first-order valence-corrected chi connectivity index (χ1v) is 6.25. The van der Waals surface area contributed by atoms with Crippen LogP contribution in [0.2, 0.25) is 10.0 Å². The van der Waals surface area contributed by atoms with Gasteiger partial charge in [0.2, 0.25) is 0 Å². The molecule has 0 amide bonds. The summed E-state index contributed by atoms with van der Waals surface area (Å²) >= 11 is 17.1. The summed E-state index contributed by atoms with van der Waals surface area (Å²) in [5.41, 5.74) is -0.184. The van der Waals surface area contributed by atoms with Gasteiger partial charge in [-0.1, -0.05) is 23.2 Å². The molecular formula is C10H10Cl3NO4. The molecule has 0 aliphatic rings. The highest BCUT2D eigenvalue weighted by Gasteiger charge is 2.15. The third-order valence-corrected chi connectivity index (χ3v) is 2.61. The lowest BCUT2D eigenvalue weighted by Gasteiger charge is -2.09. The van der Waals surface area contributed by atoms with Crippen LogP contribution in [0.15, 0.2) is 12.1 Å². The molecule has 1 aromatic carbocycles. The zero-order chi connectivity index (χ0) is 13.5. The summed E-state index contributed by atoms with van der Waals surface area (Å²) in [6, 6.07) is 2.37. The van der Waals surface area contributed by atoms with Gasteiger partial charge >= 0.3 is 0 Å². The van der Waals surface area contributed by atoms with Crippen molar-refractivity contribution in [3.63, 3.8) is 0 Å². The normalized spacial score (nSPS) is 10.4. The predicted octanol–water partition coefficient (Wildman–Crippen LogP) is 3.54. The number of nitro benzene ring substituents is 1. The average Bonchev–Trinajstić information content (AvgIpc) is 2.31. The second-order valence-electron chi connectivity index (χ2n) is 3.15. The van der Waals surface area contributed by atoms with Crippen molar-refractivity contribution in [2.24, 2.45) is 0 Å². The average molecular weight is 315 g/mol. The van der Waals surface area contributed by atoms with Gasteiger partial charge in [-0.3, -0.25) is 10.1 Å². The number of benzene rings is 1. The van der Waals surface area contributed by atoms with E-state index in [9.17, 15) is 10.1 Å². The molecule has 0 bridgehead atoms. The van der Waals surface area contributed by atoms with E-state index in [0.29, 0.717) is 19.1 Å². The molecule has 0 unspecified atom stereocenters. The molecule has 18 heavy (non-hydrogen) atoms. The van der Waals surface area contributed by atoms with Gasteiger partial charge in [0.15, 0.2) is 5.75 Å². The van der Waals surface area contributed by atoms with Crippen LogP contribution in [-0.4, -0.2) is 30.6 Å². The molecule has 0 aromatic heterocycles. The molecule has 1 aromatic rings. The largest absolute Gasteiger partial charge is 0.488 e. The molecule has 0 atom stereocenters. The zero-order valence-corrected chi connectivity index (χ0v) is 11.5. The summed E-state index contributed by atoms with van der Waals surface area (Å²) in [4.78, 5) is 9.99. The number of nitrogens with zero attached hydrogens (tertiary/aromatic N) is 1. The Labute approximate surface area is 119 Å². The molecule has 0 aliphatic heterocycles. The molecule has 0 aliphatic carbocycles. The van der Waals surface area contributed by atoms with E-state index >= 15 is 0 Å². The van der Waals surface area contributed by atoms with Crippen LogP contribution in [0.5, 0.6) is 5.75 Å². The van der Waals surface area contributed by atoms with E-state index in [1.807, 2.05) is 0 Å². The lowest BCUT2D eigenvalue weighted by Crippen LogP contribution is -2.08. The van der Waals surface area contributed by atoms with Crippen LogP contribution in [0.3, 0.4) is 0 Å². The third kappa shape index (κ3) is 4.49. The molecule has 100 valence electrons. The van der Waals surface area contributed by atoms with Crippen LogP contribution in [-0.2, 0) is 4.74 Å². The Morgan fingerprint density at radius 3 is 2.28 bits per heavy atom. The van der Waals surface area contributed by atoms with Gasteiger partial charge in [-0.15, -0.1) is 11.6 Å². The van der Waals surface area contributed by atoms with Gasteiger partial charge in [0.1, 0.15) is 6.61 Å². The van der Waals surface area contributed by atoms with E-state index in [1.165, 1.54) is 12.1 Å². The lowest BCUT2D eigenvalue weighted by molar-refractivity contribution is -0.384. The first-order chi connectivity index (χ1) is 8.56. The number of hydrogen-bond acceptors (Lipinski definition) is 4. The summed E-state index contributed by atoms with van der Waals surface area (Å²) < 4.78 is 10.4. The summed E-state index contributed by atoms with van der Waals surface area (Å²) in [5, 5.41) is 10.7. The maximum absolute atomic E-state index is 10.6.